The number of phenols is 1. The van der Waals surface area contributed by atoms with Crippen LogP contribution in [0.1, 0.15) is 10.4 Å². The summed E-state index contributed by atoms with van der Waals surface area (Å²) in [4.78, 5) is 10.2. The number of carbonyl (C=O) groups is 1. The molecular formula is C7H8O4. The molecule has 0 spiro atoms. The van der Waals surface area contributed by atoms with E-state index in [-0.39, 0.29) is 16.8 Å². The summed E-state index contributed by atoms with van der Waals surface area (Å²) in [6, 6.07) is 5.52. The lowest BCUT2D eigenvalue weighted by atomic mass is 10.2. The first-order chi connectivity index (χ1) is 4.70. The molecule has 0 aliphatic carbocycles. The molecule has 0 unspecified atom stereocenters. The maximum absolute atomic E-state index is 10.2. The second-order valence-corrected chi connectivity index (χ2v) is 1.86. The Kier molecular flexibility index (Phi) is 3.07. The van der Waals surface area contributed by atoms with E-state index >= 15 is 0 Å². The molecule has 0 radical (unpaired) electrons. The number of phenolic OH excluding ortho intramolecular Hbond substituents is 1. The summed E-state index contributed by atoms with van der Waals surface area (Å²) in [5.41, 5.74) is 0.0972. The Balaban J connectivity index is 0.000001000. The zero-order valence-electron chi connectivity index (χ0n) is 5.61. The van der Waals surface area contributed by atoms with E-state index in [1.54, 1.807) is 0 Å². The molecule has 0 aliphatic heterocycles. The Labute approximate surface area is 63.0 Å². The lowest BCUT2D eigenvalue weighted by molar-refractivity contribution is 0.0696. The number of hydrogen-bond acceptors (Lipinski definition) is 2. The Morgan fingerprint density at radius 3 is 2.36 bits per heavy atom. The van der Waals surface area contributed by atoms with E-state index in [4.69, 9.17) is 10.2 Å². The van der Waals surface area contributed by atoms with Crippen molar-refractivity contribution >= 4 is 5.97 Å². The van der Waals surface area contributed by atoms with Crippen LogP contribution >= 0.6 is 0 Å². The van der Waals surface area contributed by atoms with Gasteiger partial charge in [0.1, 0.15) is 5.75 Å². The van der Waals surface area contributed by atoms with E-state index in [9.17, 15) is 4.79 Å². The molecule has 1 aromatic carbocycles. The van der Waals surface area contributed by atoms with Gasteiger partial charge in [0.15, 0.2) is 0 Å². The van der Waals surface area contributed by atoms with Crippen molar-refractivity contribution in [2.45, 2.75) is 0 Å². The quantitative estimate of drug-likeness (QED) is 0.611. The van der Waals surface area contributed by atoms with Gasteiger partial charge in [-0.1, -0.05) is 6.07 Å². The molecule has 0 aliphatic rings. The number of aromatic hydroxyl groups is 1. The van der Waals surface area contributed by atoms with E-state index in [0.717, 1.165) is 0 Å². The molecule has 0 heterocycles. The van der Waals surface area contributed by atoms with Gasteiger partial charge in [-0.2, -0.15) is 0 Å². The molecule has 0 fully saturated rings. The third-order valence-electron chi connectivity index (χ3n) is 1.09. The predicted molar refractivity (Wildman–Crippen MR) is 38.7 cm³/mol. The second-order valence-electron chi connectivity index (χ2n) is 1.86. The number of rotatable bonds is 1. The molecule has 1 rings (SSSR count). The van der Waals surface area contributed by atoms with Crippen molar-refractivity contribution < 1.29 is 20.5 Å². The van der Waals surface area contributed by atoms with Crippen molar-refractivity contribution in [3.05, 3.63) is 29.8 Å². The Bertz CT molecular complexity index is 256. The number of carboxylic acids is 1. The van der Waals surface area contributed by atoms with Gasteiger partial charge < -0.3 is 15.7 Å². The zero-order valence-corrected chi connectivity index (χ0v) is 5.61. The predicted octanol–water partition coefficient (Wildman–Crippen LogP) is 0.266. The Morgan fingerprint density at radius 1 is 1.36 bits per heavy atom. The van der Waals surface area contributed by atoms with Crippen LogP contribution in [0.2, 0.25) is 0 Å². The lowest BCUT2D eigenvalue weighted by Crippen LogP contribution is -1.94. The largest absolute Gasteiger partial charge is 0.508 e. The molecule has 4 nitrogen and oxygen atoms in total. The van der Waals surface area contributed by atoms with Crippen molar-refractivity contribution in [3.8, 4) is 5.75 Å². The van der Waals surface area contributed by atoms with Crippen molar-refractivity contribution in [1.29, 1.82) is 0 Å². The van der Waals surface area contributed by atoms with Crippen LogP contribution in [0.3, 0.4) is 0 Å². The topological polar surface area (TPSA) is 89.0 Å². The molecule has 0 amide bonds. The molecule has 11 heavy (non-hydrogen) atoms. The third kappa shape index (κ3) is 2.27. The average molecular weight is 156 g/mol. The van der Waals surface area contributed by atoms with E-state index in [1.165, 1.54) is 24.3 Å². The van der Waals surface area contributed by atoms with Gasteiger partial charge in [-0.3, -0.25) is 0 Å². The normalized spacial score (nSPS) is 8.36. The number of hydrogen-bond donors (Lipinski definition) is 2. The van der Waals surface area contributed by atoms with Gasteiger partial charge in [-0.25, -0.2) is 4.79 Å². The smallest absolute Gasteiger partial charge is 0.335 e. The van der Waals surface area contributed by atoms with Crippen molar-refractivity contribution in [1.82, 2.24) is 0 Å². The summed E-state index contributed by atoms with van der Waals surface area (Å²) in [5, 5.41) is 17.2. The van der Waals surface area contributed by atoms with Crippen LogP contribution in [0.4, 0.5) is 0 Å². The minimum atomic E-state index is -1.03. The molecule has 0 saturated heterocycles. The number of aromatic carboxylic acids is 1. The molecular weight excluding hydrogens is 148 g/mol. The first-order valence-electron chi connectivity index (χ1n) is 2.72. The summed E-state index contributed by atoms with van der Waals surface area (Å²) in [5.74, 6) is -1.06. The van der Waals surface area contributed by atoms with Gasteiger partial charge in [-0.15, -0.1) is 0 Å². The van der Waals surface area contributed by atoms with Crippen LogP contribution in [0.15, 0.2) is 24.3 Å². The van der Waals surface area contributed by atoms with Crippen molar-refractivity contribution in [3.63, 3.8) is 0 Å². The SMILES string of the molecule is O.O=C(O)c1cccc(O)c1. The van der Waals surface area contributed by atoms with Crippen molar-refractivity contribution in [2.24, 2.45) is 0 Å². The highest BCUT2D eigenvalue weighted by atomic mass is 16.4. The van der Waals surface area contributed by atoms with Gasteiger partial charge in [0.05, 0.1) is 5.56 Å². The fourth-order valence-corrected chi connectivity index (χ4v) is 0.639. The molecule has 1 aromatic rings. The molecule has 0 bridgehead atoms. The zero-order chi connectivity index (χ0) is 7.56. The Hall–Kier alpha value is -1.55. The monoisotopic (exact) mass is 156 g/mol. The van der Waals surface area contributed by atoms with Gasteiger partial charge in [-0.05, 0) is 18.2 Å². The Morgan fingerprint density at radius 2 is 2.00 bits per heavy atom. The van der Waals surface area contributed by atoms with E-state index in [2.05, 4.69) is 0 Å². The summed E-state index contributed by atoms with van der Waals surface area (Å²) >= 11 is 0. The van der Waals surface area contributed by atoms with Crippen LogP contribution < -0.4 is 0 Å². The van der Waals surface area contributed by atoms with Gasteiger partial charge in [0, 0.05) is 0 Å². The molecule has 4 heteroatoms. The minimum absolute atomic E-state index is 0. The maximum atomic E-state index is 10.2. The third-order valence-corrected chi connectivity index (χ3v) is 1.09. The molecule has 4 N–H and O–H groups in total. The van der Waals surface area contributed by atoms with Crippen LogP contribution in [0.5, 0.6) is 5.75 Å². The maximum Gasteiger partial charge on any atom is 0.335 e. The summed E-state index contributed by atoms with van der Waals surface area (Å²) in [6.07, 6.45) is 0. The van der Waals surface area contributed by atoms with Gasteiger partial charge >= 0.3 is 5.97 Å². The number of carboxylic acid groups (broad SMARTS) is 1. The summed E-state index contributed by atoms with van der Waals surface area (Å²) < 4.78 is 0. The summed E-state index contributed by atoms with van der Waals surface area (Å²) in [7, 11) is 0. The molecule has 60 valence electrons. The van der Waals surface area contributed by atoms with E-state index in [1.807, 2.05) is 0 Å². The van der Waals surface area contributed by atoms with E-state index in [0.29, 0.717) is 0 Å². The molecule has 0 saturated carbocycles. The second kappa shape index (κ2) is 3.58. The highest BCUT2D eigenvalue weighted by Gasteiger charge is 2.00. The average Bonchev–Trinajstić information content (AvgIpc) is 1.88. The fraction of sp³-hybridized carbons (Fsp3) is 0. The van der Waals surface area contributed by atoms with Crippen LogP contribution in [-0.4, -0.2) is 21.7 Å². The standard InChI is InChI=1S/C7H6O3.H2O/c8-6-3-1-2-5(4-6)7(9)10;/h1-4,8H,(H,9,10);1H2. The highest BCUT2D eigenvalue weighted by molar-refractivity contribution is 5.87. The first kappa shape index (κ1) is 9.45. The minimum Gasteiger partial charge on any atom is -0.508 e. The first-order valence-corrected chi connectivity index (χ1v) is 2.72. The highest BCUT2D eigenvalue weighted by Crippen LogP contribution is 2.09. The summed E-state index contributed by atoms with van der Waals surface area (Å²) in [6.45, 7) is 0. The fourth-order valence-electron chi connectivity index (χ4n) is 0.639. The van der Waals surface area contributed by atoms with Crippen LogP contribution in [0.25, 0.3) is 0 Å². The van der Waals surface area contributed by atoms with E-state index < -0.39 is 5.97 Å². The molecule has 0 atom stereocenters. The van der Waals surface area contributed by atoms with Gasteiger partial charge in [0.2, 0.25) is 0 Å². The van der Waals surface area contributed by atoms with Gasteiger partial charge in [0.25, 0.3) is 0 Å². The van der Waals surface area contributed by atoms with Crippen LogP contribution in [0, 0.1) is 0 Å². The van der Waals surface area contributed by atoms with Crippen molar-refractivity contribution in [2.75, 3.05) is 0 Å². The van der Waals surface area contributed by atoms with Crippen LogP contribution in [-0.2, 0) is 0 Å². The number of benzene rings is 1. The lowest BCUT2D eigenvalue weighted by Gasteiger charge is -1.92. The molecule has 0 aromatic heterocycles.